The zero-order valence-corrected chi connectivity index (χ0v) is 13.8. The van der Waals surface area contributed by atoms with Crippen LogP contribution >= 0.6 is 23.2 Å². The number of carbonyl (C=O) groups excluding carboxylic acids is 2. The third-order valence-electron chi connectivity index (χ3n) is 3.13. The minimum Gasteiger partial charge on any atom is -0.374 e. The van der Waals surface area contributed by atoms with Gasteiger partial charge in [0.1, 0.15) is 6.04 Å². The topological polar surface area (TPSA) is 84.2 Å². The highest BCUT2D eigenvalue weighted by atomic mass is 35.5. The highest BCUT2D eigenvalue weighted by molar-refractivity contribution is 6.44. The molecule has 0 heterocycles. The molecule has 4 N–H and O–H groups in total. The Kier molecular flexibility index (Phi) is 5.47. The molecular weight excluding hydrogens is 337 g/mol. The molecule has 5 nitrogen and oxygen atoms in total. The minimum atomic E-state index is -0.562. The fraction of sp³-hybridized carbons (Fsp3) is 0.125. The van der Waals surface area contributed by atoms with Gasteiger partial charge in [0.05, 0.1) is 15.7 Å². The highest BCUT2D eigenvalue weighted by Crippen LogP contribution is 2.29. The molecule has 0 aliphatic rings. The number of halogens is 2. The lowest BCUT2D eigenvalue weighted by Crippen LogP contribution is -2.32. The lowest BCUT2D eigenvalue weighted by Gasteiger charge is -2.16. The van der Waals surface area contributed by atoms with Gasteiger partial charge >= 0.3 is 0 Å². The summed E-state index contributed by atoms with van der Waals surface area (Å²) in [6.07, 6.45) is 0. The van der Waals surface area contributed by atoms with Crippen molar-refractivity contribution in [3.8, 4) is 0 Å². The Labute approximate surface area is 143 Å². The molecule has 7 heteroatoms. The molecule has 0 aromatic heterocycles. The maximum atomic E-state index is 12.2. The average Bonchev–Trinajstić information content (AvgIpc) is 2.52. The maximum Gasteiger partial charge on any atom is 0.248 e. The molecule has 0 aliphatic heterocycles. The van der Waals surface area contributed by atoms with Crippen LogP contribution in [-0.2, 0) is 4.79 Å². The molecule has 0 saturated heterocycles. The van der Waals surface area contributed by atoms with Crippen molar-refractivity contribution >= 4 is 46.4 Å². The number of hydrogen-bond donors (Lipinski definition) is 3. The molecule has 0 radical (unpaired) electrons. The molecule has 0 saturated carbocycles. The molecule has 0 fully saturated rings. The van der Waals surface area contributed by atoms with Crippen LogP contribution in [0.25, 0.3) is 0 Å². The molecule has 0 bridgehead atoms. The van der Waals surface area contributed by atoms with Crippen LogP contribution in [0, 0.1) is 0 Å². The Bertz CT molecular complexity index is 750. The number of nitrogens with one attached hydrogen (secondary N) is 2. The number of primary amides is 1. The monoisotopic (exact) mass is 351 g/mol. The summed E-state index contributed by atoms with van der Waals surface area (Å²) in [4.78, 5) is 23.4. The van der Waals surface area contributed by atoms with Crippen LogP contribution in [0.2, 0.25) is 10.0 Å². The number of carbonyl (C=O) groups is 2. The van der Waals surface area contributed by atoms with Crippen molar-refractivity contribution in [3.63, 3.8) is 0 Å². The molecule has 0 aliphatic carbocycles. The van der Waals surface area contributed by atoms with Gasteiger partial charge in [-0.05, 0) is 37.3 Å². The third kappa shape index (κ3) is 4.37. The van der Waals surface area contributed by atoms with Gasteiger partial charge in [0.15, 0.2) is 0 Å². The van der Waals surface area contributed by atoms with Gasteiger partial charge in [-0.25, -0.2) is 0 Å². The van der Waals surface area contributed by atoms with Gasteiger partial charge in [0, 0.05) is 11.3 Å². The van der Waals surface area contributed by atoms with E-state index in [-0.39, 0.29) is 10.9 Å². The second kappa shape index (κ2) is 7.35. The largest absolute Gasteiger partial charge is 0.374 e. The molecule has 2 amide bonds. The first-order valence-electron chi connectivity index (χ1n) is 6.79. The van der Waals surface area contributed by atoms with Crippen LogP contribution in [0.3, 0.4) is 0 Å². The third-order valence-corrected chi connectivity index (χ3v) is 3.95. The van der Waals surface area contributed by atoms with Gasteiger partial charge in [-0.3, -0.25) is 9.59 Å². The predicted molar refractivity (Wildman–Crippen MR) is 93.1 cm³/mol. The molecular formula is C16H15Cl2N3O2. The molecule has 2 aromatic rings. The van der Waals surface area contributed by atoms with Crippen molar-refractivity contribution < 1.29 is 9.59 Å². The molecule has 2 aromatic carbocycles. The van der Waals surface area contributed by atoms with Crippen LogP contribution in [0.15, 0.2) is 42.5 Å². The fourth-order valence-corrected chi connectivity index (χ4v) is 2.27. The van der Waals surface area contributed by atoms with Gasteiger partial charge in [0.25, 0.3) is 0 Å². The lowest BCUT2D eigenvalue weighted by atomic mass is 10.1. The molecule has 23 heavy (non-hydrogen) atoms. The maximum absolute atomic E-state index is 12.2. The number of benzene rings is 2. The summed E-state index contributed by atoms with van der Waals surface area (Å²) in [7, 11) is 0. The van der Waals surface area contributed by atoms with E-state index in [1.165, 1.54) is 0 Å². The summed E-state index contributed by atoms with van der Waals surface area (Å²) >= 11 is 12.0. The van der Waals surface area contributed by atoms with E-state index in [9.17, 15) is 9.59 Å². The molecule has 1 unspecified atom stereocenters. The highest BCUT2D eigenvalue weighted by Gasteiger charge is 2.15. The summed E-state index contributed by atoms with van der Waals surface area (Å²) in [6.45, 7) is 1.69. The second-order valence-electron chi connectivity index (χ2n) is 4.90. The summed E-state index contributed by atoms with van der Waals surface area (Å²) < 4.78 is 0. The van der Waals surface area contributed by atoms with E-state index in [0.29, 0.717) is 22.0 Å². The van der Waals surface area contributed by atoms with Crippen molar-refractivity contribution in [2.24, 2.45) is 5.73 Å². The minimum absolute atomic E-state index is 0.283. The van der Waals surface area contributed by atoms with Gasteiger partial charge in [0.2, 0.25) is 11.8 Å². The molecule has 2 rings (SSSR count). The zero-order valence-electron chi connectivity index (χ0n) is 12.3. The Morgan fingerprint density at radius 3 is 2.52 bits per heavy atom. The first-order valence-corrected chi connectivity index (χ1v) is 7.55. The van der Waals surface area contributed by atoms with E-state index in [2.05, 4.69) is 10.6 Å². The fourth-order valence-electron chi connectivity index (χ4n) is 1.92. The van der Waals surface area contributed by atoms with E-state index in [4.69, 9.17) is 28.9 Å². The summed E-state index contributed by atoms with van der Waals surface area (Å²) in [5, 5.41) is 6.34. The van der Waals surface area contributed by atoms with E-state index in [1.807, 2.05) is 0 Å². The van der Waals surface area contributed by atoms with Gasteiger partial charge in [-0.1, -0.05) is 35.3 Å². The second-order valence-corrected chi connectivity index (χ2v) is 5.69. The standard InChI is InChI=1S/C16H15Cl2N3O2/c1-9(20-11-5-2-4-10(8-11)15(19)22)16(23)21-13-7-3-6-12(17)14(13)18/h2-9,20H,1H3,(H2,19,22)(H,21,23). The van der Waals surface area contributed by atoms with Crippen LogP contribution in [0.5, 0.6) is 0 Å². The normalized spacial score (nSPS) is 11.6. The predicted octanol–water partition coefficient (Wildman–Crippen LogP) is 3.53. The van der Waals surface area contributed by atoms with Crippen molar-refractivity contribution in [3.05, 3.63) is 58.1 Å². The van der Waals surface area contributed by atoms with E-state index < -0.39 is 11.9 Å². The Morgan fingerprint density at radius 1 is 1.13 bits per heavy atom. The van der Waals surface area contributed by atoms with Crippen LogP contribution < -0.4 is 16.4 Å². The smallest absolute Gasteiger partial charge is 0.248 e. The van der Waals surface area contributed by atoms with Crippen LogP contribution in [-0.4, -0.2) is 17.9 Å². The zero-order chi connectivity index (χ0) is 17.0. The summed E-state index contributed by atoms with van der Waals surface area (Å²) in [6, 6.07) is 11.0. The lowest BCUT2D eigenvalue weighted by molar-refractivity contribution is -0.116. The summed E-state index contributed by atoms with van der Waals surface area (Å²) in [5.41, 5.74) is 6.64. The van der Waals surface area contributed by atoms with Crippen molar-refractivity contribution in [2.45, 2.75) is 13.0 Å². The molecule has 0 spiro atoms. The average molecular weight is 352 g/mol. The number of nitrogens with two attached hydrogens (primary N) is 1. The van der Waals surface area contributed by atoms with E-state index >= 15 is 0 Å². The Morgan fingerprint density at radius 2 is 1.83 bits per heavy atom. The number of amides is 2. The number of anilines is 2. The van der Waals surface area contributed by atoms with Crippen molar-refractivity contribution in [1.82, 2.24) is 0 Å². The van der Waals surface area contributed by atoms with Crippen molar-refractivity contribution in [1.29, 1.82) is 0 Å². The first kappa shape index (κ1) is 17.1. The SMILES string of the molecule is CC(Nc1cccc(C(N)=O)c1)C(=O)Nc1cccc(Cl)c1Cl. The Hall–Kier alpha value is -2.24. The van der Waals surface area contributed by atoms with E-state index in [0.717, 1.165) is 0 Å². The van der Waals surface area contributed by atoms with Gasteiger partial charge in [-0.15, -0.1) is 0 Å². The van der Waals surface area contributed by atoms with Gasteiger partial charge in [-0.2, -0.15) is 0 Å². The van der Waals surface area contributed by atoms with E-state index in [1.54, 1.807) is 49.4 Å². The molecule has 1 atom stereocenters. The van der Waals surface area contributed by atoms with Crippen LogP contribution in [0.1, 0.15) is 17.3 Å². The molecule has 120 valence electrons. The van der Waals surface area contributed by atoms with Crippen LogP contribution in [0.4, 0.5) is 11.4 Å². The quantitative estimate of drug-likeness (QED) is 0.770. The van der Waals surface area contributed by atoms with Gasteiger partial charge < -0.3 is 16.4 Å². The number of hydrogen-bond acceptors (Lipinski definition) is 3. The first-order chi connectivity index (χ1) is 10.9. The Balaban J connectivity index is 2.07. The van der Waals surface area contributed by atoms with Crippen molar-refractivity contribution in [2.75, 3.05) is 10.6 Å². The summed E-state index contributed by atoms with van der Waals surface area (Å²) in [5.74, 6) is -0.824. The number of rotatable bonds is 5.